The van der Waals surface area contributed by atoms with Gasteiger partial charge in [-0.25, -0.2) is 5.01 Å². The number of carbonyl (C=O) groups is 1. The number of benzene rings is 1. The van der Waals surface area contributed by atoms with Gasteiger partial charge >= 0.3 is 0 Å². The van der Waals surface area contributed by atoms with E-state index in [2.05, 4.69) is 27.3 Å². The molecule has 1 saturated heterocycles. The van der Waals surface area contributed by atoms with Crippen LogP contribution in [0.15, 0.2) is 46.2 Å². The Labute approximate surface area is 163 Å². The van der Waals surface area contributed by atoms with Gasteiger partial charge in [-0.15, -0.1) is 0 Å². The van der Waals surface area contributed by atoms with Gasteiger partial charge in [-0.3, -0.25) is 9.69 Å². The zero-order valence-corrected chi connectivity index (χ0v) is 16.2. The molecule has 3 heterocycles. The molecule has 27 heavy (non-hydrogen) atoms. The average Bonchev–Trinajstić information content (AvgIpc) is 3.33. The molecule has 0 spiro atoms. The number of thiophene rings is 1. The fourth-order valence-corrected chi connectivity index (χ4v) is 4.27. The number of hydrazone groups is 1. The van der Waals surface area contributed by atoms with Crippen LogP contribution in [0, 0.1) is 0 Å². The zero-order chi connectivity index (χ0) is 18.8. The van der Waals surface area contributed by atoms with Crippen LogP contribution in [-0.2, 0) is 4.79 Å². The minimum Gasteiger partial charge on any atom is -0.508 e. The monoisotopic (exact) mass is 384 g/mol. The number of carbonyl (C=O) groups excluding carboxylic acids is 1. The molecule has 6 nitrogen and oxygen atoms in total. The van der Waals surface area contributed by atoms with Crippen LogP contribution in [0.4, 0.5) is 0 Å². The fraction of sp³-hybridized carbons (Fsp3) is 0.400. The number of hydrogen-bond donors (Lipinski definition) is 1. The Hall–Kier alpha value is -2.22. The lowest BCUT2D eigenvalue weighted by Gasteiger charge is -2.33. The van der Waals surface area contributed by atoms with Crippen LogP contribution in [0.1, 0.15) is 23.6 Å². The smallest absolute Gasteiger partial charge is 0.257 e. The van der Waals surface area contributed by atoms with Crippen LogP contribution in [0.25, 0.3) is 0 Å². The van der Waals surface area contributed by atoms with Crippen LogP contribution in [-0.4, -0.2) is 71.3 Å². The first-order valence-corrected chi connectivity index (χ1v) is 10.2. The molecule has 1 fully saturated rings. The number of aromatic hydroxyl groups is 1. The predicted octanol–water partition coefficient (Wildman–Crippen LogP) is 2.38. The molecule has 142 valence electrons. The second-order valence-electron chi connectivity index (χ2n) is 7.19. The van der Waals surface area contributed by atoms with E-state index in [1.165, 1.54) is 0 Å². The maximum absolute atomic E-state index is 13.1. The molecule has 2 aliphatic rings. The Kier molecular flexibility index (Phi) is 5.24. The van der Waals surface area contributed by atoms with E-state index in [1.54, 1.807) is 28.5 Å². The van der Waals surface area contributed by atoms with Gasteiger partial charge in [-0.05, 0) is 41.6 Å². The van der Waals surface area contributed by atoms with Gasteiger partial charge in [0.15, 0.2) is 0 Å². The van der Waals surface area contributed by atoms with Crippen molar-refractivity contribution in [2.24, 2.45) is 5.10 Å². The summed E-state index contributed by atoms with van der Waals surface area (Å²) in [6.45, 7) is 4.13. The lowest BCUT2D eigenvalue weighted by Crippen LogP contribution is -2.48. The normalized spacial score (nSPS) is 21.4. The van der Waals surface area contributed by atoms with Gasteiger partial charge in [0.1, 0.15) is 5.75 Å². The molecule has 0 aliphatic carbocycles. The van der Waals surface area contributed by atoms with E-state index in [1.807, 2.05) is 23.6 Å². The summed E-state index contributed by atoms with van der Waals surface area (Å²) < 4.78 is 0. The summed E-state index contributed by atoms with van der Waals surface area (Å²) in [6, 6.07) is 9.01. The first kappa shape index (κ1) is 18.2. The molecular formula is C20H24N4O2S. The Morgan fingerprint density at radius 2 is 2.07 bits per heavy atom. The van der Waals surface area contributed by atoms with E-state index in [4.69, 9.17) is 0 Å². The van der Waals surface area contributed by atoms with E-state index in [0.29, 0.717) is 13.0 Å². The highest BCUT2D eigenvalue weighted by molar-refractivity contribution is 7.08. The van der Waals surface area contributed by atoms with E-state index in [-0.39, 0.29) is 17.7 Å². The van der Waals surface area contributed by atoms with Crippen molar-refractivity contribution in [3.05, 3.63) is 52.2 Å². The number of phenolic OH excluding ortho intramolecular Hbond substituents is 1. The highest BCUT2D eigenvalue weighted by Gasteiger charge is 2.34. The van der Waals surface area contributed by atoms with Gasteiger partial charge < -0.3 is 10.0 Å². The summed E-state index contributed by atoms with van der Waals surface area (Å²) in [5, 5.41) is 20.3. The molecule has 1 amide bonds. The van der Waals surface area contributed by atoms with Crippen molar-refractivity contribution in [2.75, 3.05) is 39.8 Å². The number of phenols is 1. The van der Waals surface area contributed by atoms with Crippen LogP contribution in [0.3, 0.4) is 0 Å². The summed E-state index contributed by atoms with van der Waals surface area (Å²) in [6.07, 6.45) is 0.661. The summed E-state index contributed by atoms with van der Waals surface area (Å²) in [5.41, 5.74) is 2.91. The minimum atomic E-state index is -0.174. The van der Waals surface area contributed by atoms with Crippen molar-refractivity contribution in [2.45, 2.75) is 12.5 Å². The van der Waals surface area contributed by atoms with Crippen molar-refractivity contribution in [1.82, 2.24) is 14.8 Å². The molecule has 0 bridgehead atoms. The van der Waals surface area contributed by atoms with Gasteiger partial charge in [0.05, 0.1) is 18.3 Å². The second kappa shape index (κ2) is 7.80. The summed E-state index contributed by atoms with van der Waals surface area (Å²) in [4.78, 5) is 17.6. The molecule has 1 aromatic heterocycles. The third-order valence-electron chi connectivity index (χ3n) is 5.23. The van der Waals surface area contributed by atoms with Crippen molar-refractivity contribution in [1.29, 1.82) is 0 Å². The SMILES string of the molecule is CN1CCN(CC(=O)N2N=C(c3ccsc3)C[C@@H]2c2cccc(O)c2)CC1. The summed E-state index contributed by atoms with van der Waals surface area (Å²) >= 11 is 1.63. The minimum absolute atomic E-state index is 0.0122. The Morgan fingerprint density at radius 3 is 2.78 bits per heavy atom. The summed E-state index contributed by atoms with van der Waals surface area (Å²) in [5.74, 6) is 0.223. The average molecular weight is 385 g/mol. The zero-order valence-electron chi connectivity index (χ0n) is 15.4. The number of amides is 1. The van der Waals surface area contributed by atoms with Crippen LogP contribution >= 0.6 is 11.3 Å². The maximum atomic E-state index is 13.1. The molecule has 0 unspecified atom stereocenters. The molecule has 0 radical (unpaired) electrons. The van der Waals surface area contributed by atoms with Crippen molar-refractivity contribution >= 4 is 23.0 Å². The fourth-order valence-electron chi connectivity index (χ4n) is 3.60. The maximum Gasteiger partial charge on any atom is 0.257 e. The topological polar surface area (TPSA) is 59.4 Å². The molecule has 7 heteroatoms. The third kappa shape index (κ3) is 4.05. The van der Waals surface area contributed by atoms with Gasteiger partial charge in [-0.2, -0.15) is 16.4 Å². The van der Waals surface area contributed by atoms with E-state index < -0.39 is 0 Å². The second-order valence-corrected chi connectivity index (χ2v) is 7.97. The van der Waals surface area contributed by atoms with Gasteiger partial charge in [0.2, 0.25) is 0 Å². The van der Waals surface area contributed by atoms with Crippen LogP contribution in [0.5, 0.6) is 5.75 Å². The molecule has 0 saturated carbocycles. The number of rotatable bonds is 4. The largest absolute Gasteiger partial charge is 0.508 e. The van der Waals surface area contributed by atoms with Crippen LogP contribution < -0.4 is 0 Å². The molecular weight excluding hydrogens is 360 g/mol. The number of piperazine rings is 1. The Bertz CT molecular complexity index is 828. The molecule has 2 aliphatic heterocycles. The number of nitrogens with zero attached hydrogens (tertiary/aromatic N) is 4. The summed E-state index contributed by atoms with van der Waals surface area (Å²) in [7, 11) is 2.11. The number of hydrogen-bond acceptors (Lipinski definition) is 6. The van der Waals surface area contributed by atoms with Crippen LogP contribution in [0.2, 0.25) is 0 Å². The highest BCUT2D eigenvalue weighted by Crippen LogP contribution is 2.34. The lowest BCUT2D eigenvalue weighted by atomic mass is 9.99. The number of likely N-dealkylation sites (N-methyl/N-ethyl adjacent to an activating group) is 1. The van der Waals surface area contributed by atoms with Crippen molar-refractivity contribution in [3.8, 4) is 5.75 Å². The highest BCUT2D eigenvalue weighted by atomic mass is 32.1. The van der Waals surface area contributed by atoms with Gasteiger partial charge in [-0.1, -0.05) is 12.1 Å². The Balaban J connectivity index is 1.56. The quantitative estimate of drug-likeness (QED) is 0.879. The molecule has 1 aromatic carbocycles. The lowest BCUT2D eigenvalue weighted by molar-refractivity contribution is -0.134. The van der Waals surface area contributed by atoms with E-state index in [9.17, 15) is 9.90 Å². The van der Waals surface area contributed by atoms with E-state index in [0.717, 1.165) is 43.0 Å². The molecule has 4 rings (SSSR count). The standard InChI is InChI=1S/C20H24N4O2S/c1-22-6-8-23(9-7-22)13-20(26)24-19(15-3-2-4-17(25)11-15)12-18(21-24)16-5-10-27-14-16/h2-5,10-11,14,19,25H,6-9,12-13H2,1H3/t19-/m1/s1. The Morgan fingerprint density at radius 1 is 1.26 bits per heavy atom. The van der Waals surface area contributed by atoms with E-state index >= 15 is 0 Å². The predicted molar refractivity (Wildman–Crippen MR) is 107 cm³/mol. The van der Waals surface area contributed by atoms with Crippen molar-refractivity contribution in [3.63, 3.8) is 0 Å². The first-order valence-electron chi connectivity index (χ1n) is 9.22. The van der Waals surface area contributed by atoms with Crippen molar-refractivity contribution < 1.29 is 9.90 Å². The first-order chi connectivity index (χ1) is 13.1. The molecule has 1 atom stereocenters. The molecule has 1 N–H and O–H groups in total. The van der Waals surface area contributed by atoms with Gasteiger partial charge in [0.25, 0.3) is 5.91 Å². The third-order valence-corrected chi connectivity index (χ3v) is 5.91. The molecule has 2 aromatic rings. The van der Waals surface area contributed by atoms with Gasteiger partial charge in [0, 0.05) is 38.2 Å².